The lowest BCUT2D eigenvalue weighted by Crippen LogP contribution is -2.51. The molecule has 13 heteroatoms. The van der Waals surface area contributed by atoms with Crippen molar-refractivity contribution in [1.29, 1.82) is 0 Å². The molecular weight excluding hydrogens is 441 g/mol. The van der Waals surface area contributed by atoms with Crippen molar-refractivity contribution >= 4 is 34.8 Å². The van der Waals surface area contributed by atoms with Crippen LogP contribution in [0.1, 0.15) is 13.8 Å². The third kappa shape index (κ3) is 5.90. The van der Waals surface area contributed by atoms with Crippen LogP contribution in [-0.4, -0.2) is 46.7 Å². The van der Waals surface area contributed by atoms with Gasteiger partial charge in [0.15, 0.2) is 5.82 Å². The molecule has 0 saturated heterocycles. The number of carbonyl (C=O) groups is 3. The first-order valence-electron chi connectivity index (χ1n) is 8.84. The number of halogens is 3. The molecule has 0 aliphatic carbocycles. The molecule has 31 heavy (non-hydrogen) atoms. The van der Waals surface area contributed by atoms with E-state index in [1.54, 1.807) is 17.5 Å². The number of aromatic nitrogens is 2. The fourth-order valence-corrected chi connectivity index (χ4v) is 3.29. The normalized spacial score (nSPS) is 12.4. The number of rotatable bonds is 7. The van der Waals surface area contributed by atoms with Gasteiger partial charge in [0.2, 0.25) is 5.91 Å². The molecule has 2 heterocycles. The van der Waals surface area contributed by atoms with Gasteiger partial charge in [-0.25, -0.2) is 9.78 Å². The highest BCUT2D eigenvalue weighted by Gasteiger charge is 2.45. The molecule has 2 N–H and O–H groups in total. The number of carbonyl (C=O) groups excluding carboxylic acids is 3. The number of amides is 2. The number of alkyl halides is 3. The number of anilines is 1. The average Bonchev–Trinajstić information content (AvgIpc) is 3.22. The number of methoxy groups -OCH3 is 1. The molecule has 0 bridgehead atoms. The molecule has 0 saturated carbocycles. The lowest BCUT2D eigenvalue weighted by molar-refractivity contribution is -0.174. The van der Waals surface area contributed by atoms with Gasteiger partial charge in [0, 0.05) is 0 Å². The maximum atomic E-state index is 12.8. The highest BCUT2D eigenvalue weighted by molar-refractivity contribution is 7.13. The highest BCUT2D eigenvalue weighted by atomic mass is 32.1. The minimum absolute atomic E-state index is 0.0637. The Kier molecular flexibility index (Phi) is 7.55. The first-order chi connectivity index (χ1) is 14.5. The van der Waals surface area contributed by atoms with Crippen LogP contribution in [0.2, 0.25) is 0 Å². The monoisotopic (exact) mass is 460 g/mol. The summed E-state index contributed by atoms with van der Waals surface area (Å²) in [5.74, 6) is -3.89. The largest absolute Gasteiger partial charge is 0.453 e. The van der Waals surface area contributed by atoms with Crippen molar-refractivity contribution in [2.45, 2.75) is 32.6 Å². The summed E-state index contributed by atoms with van der Waals surface area (Å²) < 4.78 is 43.8. The highest BCUT2D eigenvalue weighted by Crippen LogP contribution is 2.23. The molecule has 2 aromatic rings. The third-order valence-corrected chi connectivity index (χ3v) is 4.92. The van der Waals surface area contributed by atoms with Gasteiger partial charge in [0.25, 0.3) is 11.3 Å². The summed E-state index contributed by atoms with van der Waals surface area (Å²) in [4.78, 5) is 53.0. The zero-order valence-corrected chi connectivity index (χ0v) is 17.5. The number of ketones is 1. The zero-order valence-electron chi connectivity index (χ0n) is 16.6. The Labute approximate surface area is 178 Å². The van der Waals surface area contributed by atoms with E-state index >= 15 is 0 Å². The van der Waals surface area contributed by atoms with E-state index in [2.05, 4.69) is 15.0 Å². The van der Waals surface area contributed by atoms with Gasteiger partial charge in [0.1, 0.15) is 12.2 Å². The van der Waals surface area contributed by atoms with Crippen LogP contribution in [0.5, 0.6) is 0 Å². The minimum atomic E-state index is -5.13. The lowest BCUT2D eigenvalue weighted by Gasteiger charge is -2.22. The molecule has 2 aromatic heterocycles. The molecule has 168 valence electrons. The molecule has 0 aliphatic rings. The molecule has 1 atom stereocenters. The van der Waals surface area contributed by atoms with Gasteiger partial charge in [-0.3, -0.25) is 24.3 Å². The number of ether oxygens (including phenoxy) is 1. The van der Waals surface area contributed by atoms with Gasteiger partial charge in [0.05, 0.1) is 24.2 Å². The fourth-order valence-electron chi connectivity index (χ4n) is 2.56. The second kappa shape index (κ2) is 9.73. The first kappa shape index (κ1) is 24.1. The molecule has 9 nitrogen and oxygen atoms in total. The van der Waals surface area contributed by atoms with E-state index < -0.39 is 48.0 Å². The molecule has 2 amide bonds. The molecule has 0 spiro atoms. The second-order valence-electron chi connectivity index (χ2n) is 6.63. The van der Waals surface area contributed by atoms with Crippen LogP contribution in [0.3, 0.4) is 0 Å². The van der Waals surface area contributed by atoms with Crippen LogP contribution in [0.25, 0.3) is 10.7 Å². The van der Waals surface area contributed by atoms with Crippen LogP contribution < -0.4 is 16.2 Å². The van der Waals surface area contributed by atoms with E-state index in [9.17, 15) is 32.3 Å². The van der Waals surface area contributed by atoms with E-state index in [1.165, 1.54) is 25.2 Å². The van der Waals surface area contributed by atoms with Gasteiger partial charge < -0.3 is 10.1 Å². The first-order valence-corrected chi connectivity index (χ1v) is 9.72. The summed E-state index contributed by atoms with van der Waals surface area (Å²) in [6.07, 6.45) is -5.01. The Hall–Kier alpha value is -3.22. The van der Waals surface area contributed by atoms with E-state index in [0.717, 1.165) is 17.9 Å². The number of hydrogen-bond donors (Lipinski definition) is 2. The summed E-state index contributed by atoms with van der Waals surface area (Å²) >= 11 is 1.21. The van der Waals surface area contributed by atoms with Gasteiger partial charge >= 0.3 is 12.3 Å². The van der Waals surface area contributed by atoms with E-state index in [0.29, 0.717) is 4.88 Å². The van der Waals surface area contributed by atoms with Gasteiger partial charge in [-0.1, -0.05) is 19.9 Å². The summed E-state index contributed by atoms with van der Waals surface area (Å²) in [5.41, 5.74) is -1.13. The topological polar surface area (TPSA) is 119 Å². The van der Waals surface area contributed by atoms with Crippen molar-refractivity contribution in [2.24, 2.45) is 5.92 Å². The maximum absolute atomic E-state index is 12.8. The predicted octanol–water partition coefficient (Wildman–Crippen LogP) is 2.42. The van der Waals surface area contributed by atoms with Crippen LogP contribution >= 0.6 is 11.3 Å². The average molecular weight is 460 g/mol. The molecule has 2 rings (SSSR count). The van der Waals surface area contributed by atoms with Crippen molar-refractivity contribution in [3.63, 3.8) is 0 Å². The number of hydrogen-bond acceptors (Lipinski definition) is 7. The number of nitrogens with one attached hydrogen (secondary N) is 2. The molecule has 1 unspecified atom stereocenters. The number of nitrogens with zero attached hydrogens (tertiary/aromatic N) is 2. The van der Waals surface area contributed by atoms with Gasteiger partial charge in [-0.2, -0.15) is 13.2 Å². The Morgan fingerprint density at radius 2 is 1.97 bits per heavy atom. The summed E-state index contributed by atoms with van der Waals surface area (Å²) in [6, 6.07) is 1.48. The van der Waals surface area contributed by atoms with Crippen molar-refractivity contribution < 1.29 is 32.3 Å². The van der Waals surface area contributed by atoms with Crippen LogP contribution in [-0.2, 0) is 20.9 Å². The summed E-state index contributed by atoms with van der Waals surface area (Å²) in [5, 5.41) is 5.89. The van der Waals surface area contributed by atoms with Gasteiger partial charge in [-0.05, 0) is 17.4 Å². The Morgan fingerprint density at radius 3 is 2.48 bits per heavy atom. The maximum Gasteiger partial charge on any atom is 0.452 e. The van der Waals surface area contributed by atoms with E-state index in [4.69, 9.17) is 0 Å². The van der Waals surface area contributed by atoms with Crippen LogP contribution in [0.15, 0.2) is 28.5 Å². The number of Topliss-reactive ketones (excluding diaryl/α,β-unsaturated/α-hetero) is 1. The minimum Gasteiger partial charge on any atom is -0.453 e. The quantitative estimate of drug-likeness (QED) is 0.655. The van der Waals surface area contributed by atoms with Crippen LogP contribution in [0.4, 0.5) is 23.7 Å². The van der Waals surface area contributed by atoms with Crippen molar-refractivity contribution in [3.8, 4) is 10.7 Å². The fraction of sp³-hybridized carbons (Fsp3) is 0.389. The SMILES string of the molecule is COC(=O)Nc1cnc(-c2cccs2)n(CC(=O)NC(C(=O)C(F)(F)F)C(C)C)c1=O. The van der Waals surface area contributed by atoms with Crippen molar-refractivity contribution in [2.75, 3.05) is 12.4 Å². The number of thiophene rings is 1. The van der Waals surface area contributed by atoms with Crippen molar-refractivity contribution in [3.05, 3.63) is 34.1 Å². The summed E-state index contributed by atoms with van der Waals surface area (Å²) in [6.45, 7) is 1.96. The molecule has 0 radical (unpaired) electrons. The Morgan fingerprint density at radius 1 is 1.29 bits per heavy atom. The van der Waals surface area contributed by atoms with Crippen molar-refractivity contribution in [1.82, 2.24) is 14.9 Å². The molecule has 0 aromatic carbocycles. The predicted molar refractivity (Wildman–Crippen MR) is 106 cm³/mol. The molecule has 0 fully saturated rings. The zero-order chi connectivity index (χ0) is 23.3. The summed E-state index contributed by atoms with van der Waals surface area (Å²) in [7, 11) is 1.08. The molecule has 0 aliphatic heterocycles. The Balaban J connectivity index is 2.40. The standard InChI is InChI=1S/C18H19F3N4O5S/c1-9(2)13(14(27)18(19,20)21)24-12(26)8-25-15(11-5-4-6-31-11)22-7-10(16(25)28)23-17(29)30-3/h4-7,9,13H,8H2,1-3H3,(H,23,29)(H,24,26). The smallest absolute Gasteiger partial charge is 0.452 e. The van der Waals surface area contributed by atoms with Gasteiger partial charge in [-0.15, -0.1) is 11.3 Å². The lowest BCUT2D eigenvalue weighted by atomic mass is 9.99. The van der Waals surface area contributed by atoms with E-state index in [1.807, 2.05) is 5.32 Å². The third-order valence-electron chi connectivity index (χ3n) is 4.06. The molecular formula is C18H19F3N4O5S. The Bertz CT molecular complexity index is 1020. The van der Waals surface area contributed by atoms with Crippen LogP contribution in [0, 0.1) is 5.92 Å². The second-order valence-corrected chi connectivity index (χ2v) is 7.58. The van der Waals surface area contributed by atoms with E-state index in [-0.39, 0.29) is 11.5 Å².